The van der Waals surface area contributed by atoms with Gasteiger partial charge in [-0.25, -0.2) is 9.97 Å². The molecule has 11 nitrogen and oxygen atoms in total. The number of likely N-dealkylation sites (tertiary alicyclic amines) is 1. The fraction of sp³-hybridized carbons (Fsp3) is 0.357. The van der Waals surface area contributed by atoms with Gasteiger partial charge in [-0.1, -0.05) is 24.3 Å². The van der Waals surface area contributed by atoms with Gasteiger partial charge in [-0.15, -0.1) is 0 Å². The van der Waals surface area contributed by atoms with Crippen molar-refractivity contribution in [2.45, 2.75) is 78.0 Å². The van der Waals surface area contributed by atoms with Crippen LogP contribution in [0.25, 0.3) is 56.2 Å². The number of halogens is 4. The van der Waals surface area contributed by atoms with Gasteiger partial charge in [0.05, 0.1) is 6.10 Å². The summed E-state index contributed by atoms with van der Waals surface area (Å²) in [5, 5.41) is 12.9. The smallest absolute Gasteiger partial charge is 0.387 e. The molecule has 15 heteroatoms. The van der Waals surface area contributed by atoms with Gasteiger partial charge in [0.15, 0.2) is 11.2 Å². The molecule has 2 atom stereocenters. The molecule has 0 saturated carbocycles. The van der Waals surface area contributed by atoms with Crippen LogP contribution in [0.5, 0.6) is 11.5 Å². The summed E-state index contributed by atoms with van der Waals surface area (Å²) in [5.74, 6) is -0.480. The molecule has 57 heavy (non-hydrogen) atoms. The molecule has 298 valence electrons. The zero-order valence-corrected chi connectivity index (χ0v) is 31.2. The maximum Gasteiger partial charge on any atom is 0.387 e. The van der Waals surface area contributed by atoms with Gasteiger partial charge in [0.25, 0.3) is 0 Å². The summed E-state index contributed by atoms with van der Waals surface area (Å²) < 4.78 is 81.6. The second-order valence-corrected chi connectivity index (χ2v) is 14.3. The van der Waals surface area contributed by atoms with Crippen LogP contribution < -0.4 is 14.8 Å². The number of fused-ring (bicyclic) bond motifs is 2. The van der Waals surface area contributed by atoms with Crippen LogP contribution in [0.2, 0.25) is 0 Å². The van der Waals surface area contributed by atoms with Crippen molar-refractivity contribution in [3.05, 3.63) is 82.9 Å². The average molecular weight is 789 g/mol. The number of carbonyl (C=O) groups is 1. The summed E-state index contributed by atoms with van der Waals surface area (Å²) in [6, 6.07) is 16.8. The second kappa shape index (κ2) is 16.2. The number of rotatable bonds is 14. The lowest BCUT2D eigenvalue weighted by Gasteiger charge is -2.22. The molecule has 4 aromatic carbocycles. The largest absolute Gasteiger partial charge is 0.480 e. The molecule has 2 aliphatic heterocycles. The predicted octanol–water partition coefficient (Wildman–Crippen LogP) is 9.11. The van der Waals surface area contributed by atoms with Crippen LogP contribution in [0.1, 0.15) is 47.9 Å². The third-order valence-electron chi connectivity index (χ3n) is 10.7. The molecule has 2 fully saturated rings. The Hall–Kier alpha value is -5.51. The van der Waals surface area contributed by atoms with Crippen LogP contribution in [-0.2, 0) is 22.6 Å². The second-order valence-electron chi connectivity index (χ2n) is 14.3. The van der Waals surface area contributed by atoms with E-state index >= 15 is 0 Å². The third-order valence-corrected chi connectivity index (χ3v) is 10.7. The highest BCUT2D eigenvalue weighted by molar-refractivity contribution is 5.85. The first-order valence-corrected chi connectivity index (χ1v) is 18.8. The van der Waals surface area contributed by atoms with E-state index in [1.54, 1.807) is 17.0 Å². The van der Waals surface area contributed by atoms with Crippen LogP contribution in [0.15, 0.2) is 69.5 Å². The maximum absolute atomic E-state index is 13.5. The molecule has 0 aliphatic carbocycles. The molecule has 0 radical (unpaired) electrons. The molecular weight excluding hydrogens is 748 g/mol. The summed E-state index contributed by atoms with van der Waals surface area (Å²) in [6.45, 7) is -0.0441. The SMILES string of the molecule is Cc1c(-c2nc3cc(CNC[C@H]4CCCO4)c(OC(F)F)cc3o2)cccc1-c1cccc(-c2nc3cc(CN4CCC[C@H]4C(=O)O)c(OC(F)F)cc3o2)c1C. The molecule has 2 aromatic heterocycles. The minimum Gasteiger partial charge on any atom is -0.480 e. The lowest BCUT2D eigenvalue weighted by molar-refractivity contribution is -0.142. The standard InChI is InChI=1S/C42H40F4N4O7/c1-22-27(8-3-10-29(22)38-48-31-15-24(19-47-20-26-7-6-14-53-26)34(56-41(43)44)17-36(31)54-38)28-9-4-11-30(23(28)2)39-49-32-16-25(21-50-13-5-12-33(50)40(51)52)35(57-42(45)46)18-37(32)55-39/h3-4,8-11,15-18,26,33,41-42,47H,5-7,12-14,19-21H2,1-2H3,(H,51,52)/t26-,33+/m1/s1. The molecule has 0 spiro atoms. The van der Waals surface area contributed by atoms with E-state index in [1.807, 2.05) is 50.2 Å². The Labute approximate surface area is 324 Å². The van der Waals surface area contributed by atoms with E-state index in [-0.39, 0.29) is 42.2 Å². The number of carboxylic acids is 1. The van der Waals surface area contributed by atoms with Crippen molar-refractivity contribution in [1.82, 2.24) is 20.2 Å². The summed E-state index contributed by atoms with van der Waals surface area (Å²) in [6.07, 6.45) is 3.17. The molecule has 2 N–H and O–H groups in total. The molecule has 2 aliphatic rings. The Morgan fingerprint density at radius 3 is 1.93 bits per heavy atom. The van der Waals surface area contributed by atoms with Crippen LogP contribution in [0.3, 0.4) is 0 Å². The van der Waals surface area contributed by atoms with E-state index in [4.69, 9.17) is 33.0 Å². The lowest BCUT2D eigenvalue weighted by Crippen LogP contribution is -2.35. The predicted molar refractivity (Wildman–Crippen MR) is 202 cm³/mol. The number of aromatic nitrogens is 2. The number of carboxylic acid groups (broad SMARTS) is 1. The Kier molecular flexibility index (Phi) is 10.9. The van der Waals surface area contributed by atoms with Crippen LogP contribution in [-0.4, -0.2) is 71.0 Å². The highest BCUT2D eigenvalue weighted by atomic mass is 19.3. The zero-order valence-electron chi connectivity index (χ0n) is 31.2. The number of hydrogen-bond donors (Lipinski definition) is 2. The number of aliphatic carboxylic acids is 1. The Balaban J connectivity index is 1.10. The first kappa shape index (κ1) is 38.4. The Morgan fingerprint density at radius 1 is 0.825 bits per heavy atom. The van der Waals surface area contributed by atoms with Gasteiger partial charge >= 0.3 is 19.2 Å². The van der Waals surface area contributed by atoms with Gasteiger partial charge in [0.1, 0.15) is 28.6 Å². The number of hydrogen-bond acceptors (Lipinski definition) is 10. The molecule has 2 saturated heterocycles. The molecule has 0 amide bonds. The van der Waals surface area contributed by atoms with E-state index in [0.717, 1.165) is 35.1 Å². The molecule has 6 aromatic rings. The summed E-state index contributed by atoms with van der Waals surface area (Å²) in [5.41, 5.74) is 7.15. The molecule has 0 unspecified atom stereocenters. The molecule has 4 heterocycles. The molecule has 8 rings (SSSR count). The fourth-order valence-electron chi connectivity index (χ4n) is 7.91. The van der Waals surface area contributed by atoms with Crippen molar-refractivity contribution in [1.29, 1.82) is 0 Å². The van der Waals surface area contributed by atoms with Crippen molar-refractivity contribution < 1.29 is 50.5 Å². The van der Waals surface area contributed by atoms with Gasteiger partial charge in [-0.2, -0.15) is 17.6 Å². The van der Waals surface area contributed by atoms with E-state index in [2.05, 4.69) is 5.32 Å². The topological polar surface area (TPSA) is 132 Å². The van der Waals surface area contributed by atoms with E-state index < -0.39 is 25.2 Å². The summed E-state index contributed by atoms with van der Waals surface area (Å²) >= 11 is 0. The van der Waals surface area contributed by atoms with Gasteiger partial charge < -0.3 is 33.5 Å². The summed E-state index contributed by atoms with van der Waals surface area (Å²) in [4.78, 5) is 23.0. The minimum atomic E-state index is -3.09. The van der Waals surface area contributed by atoms with Crippen molar-refractivity contribution >= 4 is 28.2 Å². The minimum absolute atomic E-state index is 0.00422. The van der Waals surface area contributed by atoms with Gasteiger partial charge in [-0.05, 0) is 92.6 Å². The molecular formula is C42H40F4N4O7. The zero-order chi connectivity index (χ0) is 39.8. The fourth-order valence-corrected chi connectivity index (χ4v) is 7.91. The average Bonchev–Trinajstić information content (AvgIpc) is 3.99. The lowest BCUT2D eigenvalue weighted by atomic mass is 9.91. The first-order valence-electron chi connectivity index (χ1n) is 18.8. The van der Waals surface area contributed by atoms with Crippen molar-refractivity contribution in [3.8, 4) is 45.5 Å². The summed E-state index contributed by atoms with van der Waals surface area (Å²) in [7, 11) is 0. The van der Waals surface area contributed by atoms with Crippen molar-refractivity contribution in [2.24, 2.45) is 0 Å². The quantitative estimate of drug-likeness (QED) is 0.102. The number of nitrogens with zero attached hydrogens (tertiary/aromatic N) is 3. The van der Waals surface area contributed by atoms with E-state index in [0.29, 0.717) is 77.3 Å². The normalized spacial score (nSPS) is 17.5. The Morgan fingerprint density at radius 2 is 1.39 bits per heavy atom. The van der Waals surface area contributed by atoms with Crippen molar-refractivity contribution in [3.63, 3.8) is 0 Å². The highest BCUT2D eigenvalue weighted by Gasteiger charge is 2.32. The van der Waals surface area contributed by atoms with E-state index in [9.17, 15) is 27.5 Å². The maximum atomic E-state index is 13.5. The monoisotopic (exact) mass is 788 g/mol. The number of ether oxygens (including phenoxy) is 3. The van der Waals surface area contributed by atoms with Crippen molar-refractivity contribution in [2.75, 3.05) is 19.7 Å². The van der Waals surface area contributed by atoms with Gasteiger partial charge in [0, 0.05) is 60.6 Å². The number of oxazole rings is 2. The van der Waals surface area contributed by atoms with Gasteiger partial charge in [-0.3, -0.25) is 9.69 Å². The van der Waals surface area contributed by atoms with E-state index in [1.165, 1.54) is 12.1 Å². The highest BCUT2D eigenvalue weighted by Crippen LogP contribution is 2.40. The number of nitrogens with one attached hydrogen (secondary N) is 1. The van der Waals surface area contributed by atoms with Crippen LogP contribution >= 0.6 is 0 Å². The van der Waals surface area contributed by atoms with Gasteiger partial charge in [0.2, 0.25) is 11.8 Å². The van der Waals surface area contributed by atoms with Crippen LogP contribution in [0.4, 0.5) is 17.6 Å². The third kappa shape index (κ3) is 8.04. The van der Waals surface area contributed by atoms with Crippen LogP contribution in [0, 0.1) is 13.8 Å². The first-order chi connectivity index (χ1) is 27.5. The number of benzene rings is 4. The number of alkyl halides is 4. The Bertz CT molecular complexity index is 2430. The molecule has 0 bridgehead atoms.